The summed E-state index contributed by atoms with van der Waals surface area (Å²) in [7, 11) is 0. The van der Waals surface area contributed by atoms with Gasteiger partial charge in [0.2, 0.25) is 0 Å². The molecule has 0 amide bonds. The summed E-state index contributed by atoms with van der Waals surface area (Å²) in [6, 6.07) is 31.5. The van der Waals surface area contributed by atoms with E-state index in [1.807, 2.05) is 49.4 Å². The third-order valence-corrected chi connectivity index (χ3v) is 7.63. The summed E-state index contributed by atoms with van der Waals surface area (Å²) in [5, 5.41) is 0. The monoisotopic (exact) mass is 551 g/mol. The minimum atomic E-state index is -0.690. The number of esters is 1. The predicted molar refractivity (Wildman–Crippen MR) is 168 cm³/mol. The molecule has 3 aromatic carbocycles. The Labute approximate surface area is 246 Å². The molecular formula is C37H45NO3. The molecule has 1 heterocycles. The maximum absolute atomic E-state index is 12.6. The van der Waals surface area contributed by atoms with Gasteiger partial charge in [-0.05, 0) is 98.2 Å². The Morgan fingerprint density at radius 3 is 2.07 bits per heavy atom. The Bertz CT molecular complexity index is 1320. The maximum Gasteiger partial charge on any atom is 0.347 e. The first kappa shape index (κ1) is 30.2. The van der Waals surface area contributed by atoms with E-state index in [9.17, 15) is 4.79 Å². The van der Waals surface area contributed by atoms with Crippen molar-refractivity contribution in [3.63, 3.8) is 0 Å². The minimum Gasteiger partial charge on any atom is -0.478 e. The number of hydrogen-bond donors (Lipinski definition) is 0. The summed E-state index contributed by atoms with van der Waals surface area (Å²) in [5.74, 6) is 0.318. The van der Waals surface area contributed by atoms with Gasteiger partial charge >= 0.3 is 5.97 Å². The zero-order chi connectivity index (χ0) is 28.9. The number of aromatic nitrogens is 1. The molecule has 1 atom stereocenters. The van der Waals surface area contributed by atoms with Crippen LogP contribution in [0.3, 0.4) is 0 Å². The number of nitrogens with zero attached hydrogens (tertiary/aromatic N) is 1. The molecule has 0 aliphatic rings. The highest BCUT2D eigenvalue weighted by Gasteiger charge is 2.22. The molecule has 0 saturated carbocycles. The lowest BCUT2D eigenvalue weighted by atomic mass is 10.0. The fourth-order valence-corrected chi connectivity index (χ4v) is 5.29. The van der Waals surface area contributed by atoms with Gasteiger partial charge in [0.05, 0.1) is 6.61 Å². The molecule has 0 saturated heterocycles. The summed E-state index contributed by atoms with van der Waals surface area (Å²) in [6.45, 7) is 7.54. The zero-order valence-electron chi connectivity index (χ0n) is 25.0. The summed E-state index contributed by atoms with van der Waals surface area (Å²) in [5.41, 5.74) is 7.48. The van der Waals surface area contributed by atoms with E-state index in [4.69, 9.17) is 9.47 Å². The normalized spacial score (nSPS) is 11.8. The molecular weight excluding hydrogens is 506 g/mol. The summed E-state index contributed by atoms with van der Waals surface area (Å²) in [6.07, 6.45) is 8.35. The molecule has 0 N–H and O–H groups in total. The van der Waals surface area contributed by atoms with E-state index < -0.39 is 6.10 Å². The molecule has 0 unspecified atom stereocenters. The van der Waals surface area contributed by atoms with E-state index in [2.05, 4.69) is 66.9 Å². The van der Waals surface area contributed by atoms with Crippen molar-refractivity contribution in [3.05, 3.63) is 113 Å². The second-order valence-corrected chi connectivity index (χ2v) is 10.8. The van der Waals surface area contributed by atoms with Gasteiger partial charge in [0.25, 0.3) is 0 Å². The first-order valence-electron chi connectivity index (χ1n) is 15.3. The standard InChI is InChI=1S/C37H45NO3/c1-4-6-7-9-13-30-18-20-31(21-19-30)16-12-27-38-29(3)17-26-35(38)33-22-24-34(25-23-33)41-36(37(39)40-5-2)28-32-14-10-8-11-15-32/h8,10-11,14-15,17-26,36H,4-7,9,12-13,16,27-28H2,1-3H3/t36-/m1/s1. The van der Waals surface area contributed by atoms with E-state index in [1.165, 1.54) is 54.6 Å². The Balaban J connectivity index is 1.35. The molecule has 4 rings (SSSR count). The topological polar surface area (TPSA) is 40.5 Å². The average Bonchev–Trinajstić information content (AvgIpc) is 3.36. The second-order valence-electron chi connectivity index (χ2n) is 10.8. The lowest BCUT2D eigenvalue weighted by molar-refractivity contribution is -0.151. The van der Waals surface area contributed by atoms with Gasteiger partial charge in [-0.2, -0.15) is 0 Å². The van der Waals surface area contributed by atoms with E-state index in [0.717, 1.165) is 30.5 Å². The lowest BCUT2D eigenvalue weighted by Gasteiger charge is -2.18. The van der Waals surface area contributed by atoms with Gasteiger partial charge in [0.1, 0.15) is 5.75 Å². The summed E-state index contributed by atoms with van der Waals surface area (Å²) >= 11 is 0. The zero-order valence-corrected chi connectivity index (χ0v) is 25.0. The fraction of sp³-hybridized carbons (Fsp3) is 0.378. The Morgan fingerprint density at radius 2 is 1.41 bits per heavy atom. The van der Waals surface area contributed by atoms with E-state index in [0.29, 0.717) is 18.8 Å². The van der Waals surface area contributed by atoms with Crippen LogP contribution in [0.4, 0.5) is 0 Å². The van der Waals surface area contributed by atoms with Gasteiger partial charge in [-0.15, -0.1) is 0 Å². The van der Waals surface area contributed by atoms with Gasteiger partial charge in [-0.25, -0.2) is 4.79 Å². The number of carbonyl (C=O) groups is 1. The number of rotatable bonds is 16. The van der Waals surface area contributed by atoms with Crippen molar-refractivity contribution >= 4 is 5.97 Å². The highest BCUT2D eigenvalue weighted by atomic mass is 16.6. The van der Waals surface area contributed by atoms with Crippen molar-refractivity contribution in [2.45, 2.75) is 84.8 Å². The number of ether oxygens (including phenoxy) is 2. The van der Waals surface area contributed by atoms with Gasteiger partial charge in [0.15, 0.2) is 6.10 Å². The smallest absolute Gasteiger partial charge is 0.347 e. The molecule has 4 heteroatoms. The SMILES string of the molecule is CCCCCCc1ccc(CCCn2c(C)ccc2-c2ccc(O[C@H](Cc3ccccc3)C(=O)OCC)cc2)cc1. The van der Waals surface area contributed by atoms with Crippen LogP contribution in [0.25, 0.3) is 11.3 Å². The highest BCUT2D eigenvalue weighted by molar-refractivity contribution is 5.75. The molecule has 0 aliphatic heterocycles. The molecule has 0 bridgehead atoms. The first-order chi connectivity index (χ1) is 20.1. The largest absolute Gasteiger partial charge is 0.478 e. The fourth-order valence-electron chi connectivity index (χ4n) is 5.29. The lowest BCUT2D eigenvalue weighted by Crippen LogP contribution is -2.31. The number of unbranched alkanes of at least 4 members (excludes halogenated alkanes) is 3. The van der Waals surface area contributed by atoms with Crippen LogP contribution in [-0.2, 0) is 35.3 Å². The minimum absolute atomic E-state index is 0.327. The van der Waals surface area contributed by atoms with Crippen molar-refractivity contribution in [2.24, 2.45) is 0 Å². The Hall–Kier alpha value is -3.79. The van der Waals surface area contributed by atoms with Crippen molar-refractivity contribution in [1.82, 2.24) is 4.57 Å². The van der Waals surface area contributed by atoms with E-state index in [1.54, 1.807) is 0 Å². The molecule has 41 heavy (non-hydrogen) atoms. The van der Waals surface area contributed by atoms with Gasteiger partial charge in [0, 0.05) is 24.4 Å². The molecule has 4 nitrogen and oxygen atoms in total. The number of benzene rings is 3. The predicted octanol–water partition coefficient (Wildman–Crippen LogP) is 8.77. The van der Waals surface area contributed by atoms with Crippen molar-refractivity contribution in [3.8, 4) is 17.0 Å². The molecule has 4 aromatic rings. The summed E-state index contributed by atoms with van der Waals surface area (Å²) < 4.78 is 13.8. The molecule has 0 aliphatic carbocycles. The van der Waals surface area contributed by atoms with Crippen LogP contribution in [0, 0.1) is 6.92 Å². The van der Waals surface area contributed by atoms with Gasteiger partial charge in [-0.1, -0.05) is 80.8 Å². The van der Waals surface area contributed by atoms with Crippen LogP contribution < -0.4 is 4.74 Å². The molecule has 0 spiro atoms. The van der Waals surface area contributed by atoms with E-state index >= 15 is 0 Å². The maximum atomic E-state index is 12.6. The van der Waals surface area contributed by atoms with Crippen molar-refractivity contribution < 1.29 is 14.3 Å². The average molecular weight is 552 g/mol. The van der Waals surface area contributed by atoms with Gasteiger partial charge < -0.3 is 14.0 Å². The number of hydrogen-bond acceptors (Lipinski definition) is 3. The van der Waals surface area contributed by atoms with Crippen molar-refractivity contribution in [1.29, 1.82) is 0 Å². The molecule has 216 valence electrons. The molecule has 0 fully saturated rings. The molecule has 1 aromatic heterocycles. The van der Waals surface area contributed by atoms with Crippen LogP contribution in [0.5, 0.6) is 5.75 Å². The van der Waals surface area contributed by atoms with Crippen LogP contribution in [0.15, 0.2) is 91.0 Å². The summed E-state index contributed by atoms with van der Waals surface area (Å²) in [4.78, 5) is 12.6. The third kappa shape index (κ3) is 9.11. The molecule has 0 radical (unpaired) electrons. The van der Waals surface area contributed by atoms with E-state index in [-0.39, 0.29) is 5.97 Å². The second kappa shape index (κ2) is 15.9. The van der Waals surface area contributed by atoms with Crippen LogP contribution in [-0.4, -0.2) is 23.2 Å². The Morgan fingerprint density at radius 1 is 0.732 bits per heavy atom. The number of carbonyl (C=O) groups excluding carboxylic acids is 1. The van der Waals surface area contributed by atoms with Crippen LogP contribution >= 0.6 is 0 Å². The van der Waals surface area contributed by atoms with Crippen LogP contribution in [0.1, 0.15) is 68.3 Å². The first-order valence-corrected chi connectivity index (χ1v) is 15.3. The third-order valence-electron chi connectivity index (χ3n) is 7.63. The number of aryl methyl sites for hydroxylation is 3. The quantitative estimate of drug-likeness (QED) is 0.103. The van der Waals surface area contributed by atoms with Gasteiger partial charge in [-0.3, -0.25) is 0 Å². The highest BCUT2D eigenvalue weighted by Crippen LogP contribution is 2.26. The van der Waals surface area contributed by atoms with Crippen LogP contribution in [0.2, 0.25) is 0 Å². The Kier molecular flexibility index (Phi) is 11.7. The van der Waals surface area contributed by atoms with Crippen molar-refractivity contribution in [2.75, 3.05) is 6.61 Å².